The van der Waals surface area contributed by atoms with Gasteiger partial charge in [0.2, 0.25) is 5.95 Å². The van der Waals surface area contributed by atoms with E-state index >= 15 is 0 Å². The fourth-order valence-electron chi connectivity index (χ4n) is 1.96. The average Bonchev–Trinajstić information content (AvgIpc) is 2.84. The number of nitrogens with zero attached hydrogens (tertiary/aromatic N) is 3. The first-order valence-corrected chi connectivity index (χ1v) is 6.09. The maximum absolute atomic E-state index is 5.49. The van der Waals surface area contributed by atoms with Crippen LogP contribution in [0.3, 0.4) is 0 Å². The molecule has 1 aliphatic rings. The molecule has 1 atom stereocenters. The lowest BCUT2D eigenvalue weighted by Crippen LogP contribution is -2.12. The minimum Gasteiger partial charge on any atom is -0.367 e. The van der Waals surface area contributed by atoms with Crippen LogP contribution in [-0.4, -0.2) is 20.0 Å². The monoisotopic (exact) mass is 232 g/mol. The van der Waals surface area contributed by atoms with E-state index in [1.807, 2.05) is 16.4 Å². The van der Waals surface area contributed by atoms with Gasteiger partial charge in [-0.1, -0.05) is 18.2 Å². The average molecular weight is 232 g/mol. The van der Waals surface area contributed by atoms with Crippen LogP contribution in [0.5, 0.6) is 0 Å². The zero-order valence-electron chi connectivity index (χ0n) is 8.71. The Hall–Kier alpha value is -1.49. The Bertz CT molecular complexity index is 483. The summed E-state index contributed by atoms with van der Waals surface area (Å²) in [6.45, 7) is 0.865. The molecule has 0 aliphatic carbocycles. The molecule has 2 N–H and O–H groups in total. The van der Waals surface area contributed by atoms with Crippen LogP contribution in [-0.2, 0) is 13.0 Å². The number of rotatable bonds is 2. The molecule has 2 heterocycles. The summed E-state index contributed by atoms with van der Waals surface area (Å²) in [6.07, 6.45) is 2.79. The van der Waals surface area contributed by atoms with Gasteiger partial charge in [0.05, 0.1) is 6.54 Å². The highest BCUT2D eigenvalue weighted by atomic mass is 32.2. The number of aromatic nitrogens is 3. The van der Waals surface area contributed by atoms with Gasteiger partial charge in [-0.15, -0.1) is 16.9 Å². The van der Waals surface area contributed by atoms with E-state index in [4.69, 9.17) is 5.73 Å². The summed E-state index contributed by atoms with van der Waals surface area (Å²) in [7, 11) is 0. The highest BCUT2D eigenvalue weighted by Gasteiger charge is 2.22. The number of nitrogen functional groups attached to an aromatic ring is 1. The van der Waals surface area contributed by atoms with Gasteiger partial charge in [-0.25, -0.2) is 9.67 Å². The van der Waals surface area contributed by atoms with Crippen LogP contribution in [0.15, 0.2) is 35.5 Å². The first-order valence-electron chi connectivity index (χ1n) is 5.21. The van der Waals surface area contributed by atoms with Gasteiger partial charge < -0.3 is 5.73 Å². The van der Waals surface area contributed by atoms with Crippen molar-refractivity contribution in [3.63, 3.8) is 0 Å². The molecular formula is C11H12N4S. The van der Waals surface area contributed by atoms with Crippen molar-refractivity contribution in [2.45, 2.75) is 23.1 Å². The van der Waals surface area contributed by atoms with Gasteiger partial charge in [-0.3, -0.25) is 0 Å². The standard InChI is InChI=1S/C11H12N4S/c12-11-13-7-15(14-11)6-9-5-8-3-1-2-4-10(8)16-9/h1-4,7,9H,5-6H2,(H2,12,14). The summed E-state index contributed by atoms with van der Waals surface area (Å²) in [4.78, 5) is 5.32. The second-order valence-electron chi connectivity index (χ2n) is 3.88. The van der Waals surface area contributed by atoms with Crippen LogP contribution in [0.4, 0.5) is 5.95 Å². The quantitative estimate of drug-likeness (QED) is 0.854. The molecule has 0 amide bonds. The van der Waals surface area contributed by atoms with E-state index in [0.717, 1.165) is 13.0 Å². The lowest BCUT2D eigenvalue weighted by Gasteiger charge is -2.06. The third-order valence-electron chi connectivity index (χ3n) is 2.66. The zero-order valence-corrected chi connectivity index (χ0v) is 9.52. The molecule has 4 nitrogen and oxygen atoms in total. The molecule has 82 valence electrons. The Morgan fingerprint density at radius 1 is 1.44 bits per heavy atom. The molecule has 16 heavy (non-hydrogen) atoms. The number of thioether (sulfide) groups is 1. The molecule has 5 heteroatoms. The Labute approximate surface area is 97.9 Å². The summed E-state index contributed by atoms with van der Waals surface area (Å²) in [6, 6.07) is 8.55. The third kappa shape index (κ3) is 1.78. The lowest BCUT2D eigenvalue weighted by atomic mass is 10.1. The predicted octanol–water partition coefficient (Wildman–Crippen LogP) is 1.58. The number of hydrogen-bond donors (Lipinski definition) is 1. The second kappa shape index (κ2) is 3.83. The van der Waals surface area contributed by atoms with Gasteiger partial charge in [0.25, 0.3) is 0 Å². The molecule has 0 fully saturated rings. The van der Waals surface area contributed by atoms with E-state index in [1.54, 1.807) is 6.33 Å². The topological polar surface area (TPSA) is 56.7 Å². The molecule has 3 rings (SSSR count). The molecule has 1 aromatic carbocycles. The molecule has 2 aromatic rings. The summed E-state index contributed by atoms with van der Waals surface area (Å²) < 4.78 is 1.82. The van der Waals surface area contributed by atoms with E-state index in [1.165, 1.54) is 10.5 Å². The number of fused-ring (bicyclic) bond motifs is 1. The molecule has 0 bridgehead atoms. The van der Waals surface area contributed by atoms with Gasteiger partial charge in [0, 0.05) is 10.1 Å². The van der Waals surface area contributed by atoms with Crippen molar-refractivity contribution in [1.82, 2.24) is 14.8 Å². The van der Waals surface area contributed by atoms with Gasteiger partial charge in [-0.2, -0.15) is 0 Å². The Morgan fingerprint density at radius 2 is 2.31 bits per heavy atom. The van der Waals surface area contributed by atoms with E-state index in [9.17, 15) is 0 Å². The van der Waals surface area contributed by atoms with Crippen molar-refractivity contribution in [3.05, 3.63) is 36.2 Å². The first-order chi connectivity index (χ1) is 7.81. The van der Waals surface area contributed by atoms with E-state index in [2.05, 4.69) is 34.3 Å². The largest absolute Gasteiger partial charge is 0.367 e. The Morgan fingerprint density at radius 3 is 3.06 bits per heavy atom. The van der Waals surface area contributed by atoms with E-state index in [0.29, 0.717) is 11.2 Å². The van der Waals surface area contributed by atoms with Gasteiger partial charge >= 0.3 is 0 Å². The zero-order chi connectivity index (χ0) is 11.0. The summed E-state index contributed by atoms with van der Waals surface area (Å²) in [5, 5.41) is 4.65. The van der Waals surface area contributed by atoms with Crippen LogP contribution >= 0.6 is 11.8 Å². The van der Waals surface area contributed by atoms with Crippen LogP contribution in [0.25, 0.3) is 0 Å². The summed E-state index contributed by atoms with van der Waals surface area (Å²) >= 11 is 1.91. The predicted molar refractivity (Wildman–Crippen MR) is 64.2 cm³/mol. The van der Waals surface area contributed by atoms with E-state index in [-0.39, 0.29) is 0 Å². The van der Waals surface area contributed by atoms with E-state index < -0.39 is 0 Å². The molecule has 0 spiro atoms. The molecular weight excluding hydrogens is 220 g/mol. The number of nitrogens with two attached hydrogens (primary N) is 1. The number of hydrogen-bond acceptors (Lipinski definition) is 4. The van der Waals surface area contributed by atoms with Crippen LogP contribution in [0.1, 0.15) is 5.56 Å². The Balaban J connectivity index is 1.72. The maximum atomic E-state index is 5.49. The van der Waals surface area contributed by atoms with Crippen molar-refractivity contribution in [1.29, 1.82) is 0 Å². The second-order valence-corrected chi connectivity index (χ2v) is 5.22. The highest BCUT2D eigenvalue weighted by molar-refractivity contribution is 8.00. The fourth-order valence-corrected chi connectivity index (χ4v) is 3.27. The molecule has 0 saturated carbocycles. The first kappa shape index (κ1) is 9.72. The van der Waals surface area contributed by atoms with Crippen LogP contribution in [0.2, 0.25) is 0 Å². The van der Waals surface area contributed by atoms with Crippen molar-refractivity contribution in [3.8, 4) is 0 Å². The number of benzene rings is 1. The SMILES string of the molecule is Nc1ncn(CC2Cc3ccccc3S2)n1. The number of anilines is 1. The van der Waals surface area contributed by atoms with Gasteiger partial charge in [-0.05, 0) is 18.1 Å². The minimum absolute atomic E-state index is 0.348. The third-order valence-corrected chi connectivity index (χ3v) is 3.96. The Kier molecular flexibility index (Phi) is 2.32. The molecule has 1 unspecified atom stereocenters. The van der Waals surface area contributed by atoms with Crippen molar-refractivity contribution in [2.24, 2.45) is 0 Å². The van der Waals surface area contributed by atoms with Gasteiger partial charge in [0.15, 0.2) is 0 Å². The van der Waals surface area contributed by atoms with Crippen molar-refractivity contribution < 1.29 is 0 Å². The van der Waals surface area contributed by atoms with Crippen LogP contribution < -0.4 is 5.73 Å². The maximum Gasteiger partial charge on any atom is 0.239 e. The highest BCUT2D eigenvalue weighted by Crippen LogP contribution is 2.37. The molecule has 0 saturated heterocycles. The lowest BCUT2D eigenvalue weighted by molar-refractivity contribution is 0.595. The van der Waals surface area contributed by atoms with Crippen LogP contribution in [0, 0.1) is 0 Å². The summed E-state index contributed by atoms with van der Waals surface area (Å²) in [5.41, 5.74) is 6.92. The molecule has 1 aliphatic heterocycles. The molecule has 0 radical (unpaired) electrons. The summed E-state index contributed by atoms with van der Waals surface area (Å²) in [5.74, 6) is 0.348. The van der Waals surface area contributed by atoms with Gasteiger partial charge in [0.1, 0.15) is 6.33 Å². The van der Waals surface area contributed by atoms with Crippen molar-refractivity contribution >= 4 is 17.7 Å². The fraction of sp³-hybridized carbons (Fsp3) is 0.273. The normalized spacial score (nSPS) is 18.6. The van der Waals surface area contributed by atoms with Crippen molar-refractivity contribution in [2.75, 3.05) is 5.73 Å². The smallest absolute Gasteiger partial charge is 0.239 e. The minimum atomic E-state index is 0.348. The molecule has 1 aromatic heterocycles.